The fourth-order valence-electron chi connectivity index (χ4n) is 1.03. The number of phenolic OH excluding ortho intramolecular Hbond substituents is 1. The summed E-state index contributed by atoms with van der Waals surface area (Å²) in [4.78, 5) is 32.3. The fourth-order valence-corrected chi connectivity index (χ4v) is 1.03. The van der Waals surface area contributed by atoms with E-state index in [1.165, 1.54) is 6.07 Å². The molecular formula is C10H8O5. The second kappa shape index (κ2) is 4.36. The molecule has 78 valence electrons. The first kappa shape index (κ1) is 10.9. The van der Waals surface area contributed by atoms with Gasteiger partial charge in [-0.1, -0.05) is 0 Å². The Labute approximate surface area is 85.3 Å². The normalized spacial score (nSPS) is 9.40. The molecule has 0 aliphatic heterocycles. The molecule has 5 heteroatoms. The van der Waals surface area contributed by atoms with Crippen LogP contribution < -0.4 is 0 Å². The first-order chi connectivity index (χ1) is 7.10. The number of carbonyl (C=O) groups is 3. The van der Waals surface area contributed by atoms with Crippen LogP contribution in [-0.2, 0) is 9.53 Å². The van der Waals surface area contributed by atoms with Crippen molar-refractivity contribution in [2.45, 2.75) is 0 Å². The number of hydrogen-bond donors (Lipinski definition) is 1. The number of benzene rings is 1. The maximum Gasteiger partial charge on any atom is 0.341 e. The molecular weight excluding hydrogens is 200 g/mol. The van der Waals surface area contributed by atoms with Gasteiger partial charge < -0.3 is 9.84 Å². The number of aldehydes is 1. The molecule has 0 radical (unpaired) electrons. The van der Waals surface area contributed by atoms with Gasteiger partial charge in [0.05, 0.1) is 7.11 Å². The van der Waals surface area contributed by atoms with E-state index in [-0.39, 0.29) is 23.2 Å². The molecule has 0 aliphatic carbocycles. The van der Waals surface area contributed by atoms with Gasteiger partial charge in [-0.15, -0.1) is 0 Å². The van der Waals surface area contributed by atoms with Gasteiger partial charge in [0.25, 0.3) is 0 Å². The minimum Gasteiger partial charge on any atom is -0.507 e. The van der Waals surface area contributed by atoms with Crippen LogP contribution in [0.2, 0.25) is 0 Å². The van der Waals surface area contributed by atoms with Crippen LogP contribution in [0.1, 0.15) is 20.7 Å². The smallest absolute Gasteiger partial charge is 0.341 e. The quantitative estimate of drug-likeness (QED) is 0.339. The molecule has 0 unspecified atom stereocenters. The number of ether oxygens (including phenoxy) is 1. The standard InChI is InChI=1S/C10H8O5/c1-15-10(14)7-4-6(9(13)5-11)2-3-8(7)12/h2-5,12H,1H3. The number of phenols is 1. The highest BCUT2D eigenvalue weighted by atomic mass is 16.5. The highest BCUT2D eigenvalue weighted by Crippen LogP contribution is 2.19. The zero-order valence-corrected chi connectivity index (χ0v) is 7.89. The van der Waals surface area contributed by atoms with E-state index in [1.807, 2.05) is 0 Å². The maximum atomic E-state index is 11.1. The third-order valence-electron chi connectivity index (χ3n) is 1.79. The van der Waals surface area contributed by atoms with Gasteiger partial charge >= 0.3 is 5.97 Å². The third-order valence-corrected chi connectivity index (χ3v) is 1.79. The van der Waals surface area contributed by atoms with E-state index in [0.717, 1.165) is 19.2 Å². The molecule has 1 rings (SSSR count). The summed E-state index contributed by atoms with van der Waals surface area (Å²) in [6.45, 7) is 0. The second-order valence-electron chi connectivity index (χ2n) is 2.71. The molecule has 0 amide bonds. The lowest BCUT2D eigenvalue weighted by molar-refractivity contribution is -0.104. The van der Waals surface area contributed by atoms with Crippen LogP contribution >= 0.6 is 0 Å². The van der Waals surface area contributed by atoms with Gasteiger partial charge in [0.1, 0.15) is 11.3 Å². The van der Waals surface area contributed by atoms with Crippen molar-refractivity contribution in [3.8, 4) is 5.75 Å². The number of methoxy groups -OCH3 is 1. The predicted octanol–water partition coefficient (Wildman–Crippen LogP) is 0.560. The predicted molar refractivity (Wildman–Crippen MR) is 49.8 cm³/mol. The molecule has 1 N–H and O–H groups in total. The van der Waals surface area contributed by atoms with Crippen molar-refractivity contribution in [1.82, 2.24) is 0 Å². The third kappa shape index (κ3) is 2.19. The Kier molecular flexibility index (Phi) is 3.17. The molecule has 0 atom stereocenters. The lowest BCUT2D eigenvalue weighted by Crippen LogP contribution is -2.05. The monoisotopic (exact) mass is 208 g/mol. The van der Waals surface area contributed by atoms with Crippen LogP contribution in [0.4, 0.5) is 0 Å². The molecule has 0 aromatic heterocycles. The topological polar surface area (TPSA) is 80.7 Å². The van der Waals surface area contributed by atoms with Crippen LogP contribution in [0.25, 0.3) is 0 Å². The van der Waals surface area contributed by atoms with Crippen molar-refractivity contribution >= 4 is 18.0 Å². The highest BCUT2D eigenvalue weighted by molar-refractivity contribution is 6.33. The number of ketones is 1. The molecule has 5 nitrogen and oxygen atoms in total. The van der Waals surface area contributed by atoms with Crippen molar-refractivity contribution in [2.75, 3.05) is 7.11 Å². The Hall–Kier alpha value is -2.17. The van der Waals surface area contributed by atoms with Crippen molar-refractivity contribution in [2.24, 2.45) is 0 Å². The molecule has 15 heavy (non-hydrogen) atoms. The van der Waals surface area contributed by atoms with Crippen LogP contribution in [0.15, 0.2) is 18.2 Å². The van der Waals surface area contributed by atoms with E-state index in [2.05, 4.69) is 4.74 Å². The molecule has 0 saturated carbocycles. The fraction of sp³-hybridized carbons (Fsp3) is 0.100. The molecule has 0 bridgehead atoms. The summed E-state index contributed by atoms with van der Waals surface area (Å²) in [6, 6.07) is 3.51. The number of aromatic hydroxyl groups is 1. The summed E-state index contributed by atoms with van der Waals surface area (Å²) in [7, 11) is 1.15. The molecule has 1 aromatic carbocycles. The number of carbonyl (C=O) groups excluding carboxylic acids is 3. The van der Waals surface area contributed by atoms with Crippen LogP contribution in [0.3, 0.4) is 0 Å². The van der Waals surface area contributed by atoms with Gasteiger partial charge in [0.2, 0.25) is 5.78 Å². The summed E-state index contributed by atoms with van der Waals surface area (Å²) in [5, 5.41) is 9.29. The van der Waals surface area contributed by atoms with Crippen molar-refractivity contribution in [1.29, 1.82) is 0 Å². The van der Waals surface area contributed by atoms with Gasteiger partial charge in [-0.2, -0.15) is 0 Å². The Morgan fingerprint density at radius 2 is 2.07 bits per heavy atom. The summed E-state index contributed by atoms with van der Waals surface area (Å²) in [5.41, 5.74) is -0.117. The molecule has 1 aromatic rings. The van der Waals surface area contributed by atoms with Gasteiger partial charge in [-0.05, 0) is 18.2 Å². The molecule has 0 saturated heterocycles. The van der Waals surface area contributed by atoms with E-state index in [9.17, 15) is 19.5 Å². The zero-order valence-electron chi connectivity index (χ0n) is 7.89. The van der Waals surface area contributed by atoms with E-state index >= 15 is 0 Å². The van der Waals surface area contributed by atoms with E-state index in [4.69, 9.17) is 0 Å². The van der Waals surface area contributed by atoms with Crippen molar-refractivity contribution in [3.63, 3.8) is 0 Å². The molecule has 0 aliphatic rings. The number of rotatable bonds is 3. The van der Waals surface area contributed by atoms with Crippen LogP contribution in [0.5, 0.6) is 5.75 Å². The number of hydrogen-bond acceptors (Lipinski definition) is 5. The van der Waals surface area contributed by atoms with Crippen LogP contribution in [-0.4, -0.2) is 30.3 Å². The zero-order chi connectivity index (χ0) is 11.4. The SMILES string of the molecule is COC(=O)c1cc(C(=O)C=O)ccc1O. The van der Waals surface area contributed by atoms with Gasteiger partial charge in [0, 0.05) is 5.56 Å². The second-order valence-corrected chi connectivity index (χ2v) is 2.71. The molecule has 0 heterocycles. The van der Waals surface area contributed by atoms with E-state index < -0.39 is 11.8 Å². The Bertz CT molecular complexity index is 422. The minimum absolute atomic E-state index is 0.0307. The van der Waals surface area contributed by atoms with Crippen LogP contribution in [0, 0.1) is 0 Å². The summed E-state index contributed by atoms with van der Waals surface area (Å²) in [5.74, 6) is -1.84. The highest BCUT2D eigenvalue weighted by Gasteiger charge is 2.14. The van der Waals surface area contributed by atoms with Crippen molar-refractivity contribution < 1.29 is 24.2 Å². The van der Waals surface area contributed by atoms with Gasteiger partial charge in [-0.3, -0.25) is 9.59 Å². The molecule has 0 fully saturated rings. The van der Waals surface area contributed by atoms with E-state index in [0.29, 0.717) is 0 Å². The average molecular weight is 208 g/mol. The largest absolute Gasteiger partial charge is 0.507 e. The van der Waals surface area contributed by atoms with Crippen molar-refractivity contribution in [3.05, 3.63) is 29.3 Å². The first-order valence-electron chi connectivity index (χ1n) is 4.01. The Balaban J connectivity index is 3.22. The summed E-state index contributed by atoms with van der Waals surface area (Å²) < 4.78 is 4.39. The first-order valence-corrected chi connectivity index (χ1v) is 4.01. The Morgan fingerprint density at radius 3 is 2.60 bits per heavy atom. The summed E-state index contributed by atoms with van der Waals surface area (Å²) >= 11 is 0. The Morgan fingerprint density at radius 1 is 1.40 bits per heavy atom. The number of esters is 1. The minimum atomic E-state index is -0.770. The van der Waals surface area contributed by atoms with Gasteiger partial charge in [-0.25, -0.2) is 4.79 Å². The maximum absolute atomic E-state index is 11.1. The summed E-state index contributed by atoms with van der Waals surface area (Å²) in [6.07, 6.45) is 0.132. The van der Waals surface area contributed by atoms with E-state index in [1.54, 1.807) is 0 Å². The number of Topliss-reactive ketones (excluding diaryl/α,β-unsaturated/α-hetero) is 1. The lowest BCUT2D eigenvalue weighted by atomic mass is 10.1. The van der Waals surface area contributed by atoms with Gasteiger partial charge in [0.15, 0.2) is 6.29 Å². The lowest BCUT2D eigenvalue weighted by Gasteiger charge is -2.03. The average Bonchev–Trinajstić information content (AvgIpc) is 2.27. The molecule has 0 spiro atoms.